The fourth-order valence-electron chi connectivity index (χ4n) is 4.05. The molecule has 2 saturated heterocycles. The molecule has 0 radical (unpaired) electrons. The Balaban J connectivity index is 0.000000383. The summed E-state index contributed by atoms with van der Waals surface area (Å²) in [6.45, 7) is 1.84. The average Bonchev–Trinajstić information content (AvgIpc) is 3.31. The fraction of sp³-hybridized carbons (Fsp3) is 0.500. The number of halogens is 3. The molecule has 178 valence electrons. The predicted octanol–water partition coefficient (Wildman–Crippen LogP) is 1.43. The third-order valence-corrected chi connectivity index (χ3v) is 5.64. The van der Waals surface area contributed by atoms with Gasteiger partial charge in [-0.05, 0) is 25.3 Å². The molecule has 0 aliphatic carbocycles. The molecule has 33 heavy (non-hydrogen) atoms. The van der Waals surface area contributed by atoms with Gasteiger partial charge in [0.2, 0.25) is 11.8 Å². The first kappa shape index (κ1) is 24.1. The van der Waals surface area contributed by atoms with Crippen molar-refractivity contribution in [2.45, 2.75) is 31.9 Å². The standard InChI is InChI=1S/C18H22N6O2.C2HF3O2/c1-22-7-3-14(21-22)9-16(25)23-6-2-4-18(12-23)5-8-24(17(18)26)15-10-19-13-20-11-15;3-2(4,5)1(6)7/h3,7,10-11,13H,2,4-6,8-9,12H2,1H3;(H,6,7). The van der Waals surface area contributed by atoms with Crippen molar-refractivity contribution in [1.29, 1.82) is 0 Å². The second kappa shape index (κ2) is 9.55. The molecule has 4 heterocycles. The van der Waals surface area contributed by atoms with Gasteiger partial charge in [-0.2, -0.15) is 18.3 Å². The zero-order valence-electron chi connectivity index (χ0n) is 17.8. The van der Waals surface area contributed by atoms with Crippen LogP contribution in [-0.2, 0) is 27.9 Å². The lowest BCUT2D eigenvalue weighted by Gasteiger charge is -2.39. The number of alkyl halides is 3. The number of aromatic nitrogens is 4. The Kier molecular flexibility index (Phi) is 6.98. The number of likely N-dealkylation sites (tertiary alicyclic amines) is 1. The van der Waals surface area contributed by atoms with Crippen molar-refractivity contribution >= 4 is 23.5 Å². The number of hydrogen-bond acceptors (Lipinski definition) is 6. The van der Waals surface area contributed by atoms with Crippen LogP contribution in [0.15, 0.2) is 31.0 Å². The summed E-state index contributed by atoms with van der Waals surface area (Å²) in [5.41, 5.74) is 1.01. The lowest BCUT2D eigenvalue weighted by atomic mass is 9.78. The summed E-state index contributed by atoms with van der Waals surface area (Å²) < 4.78 is 33.4. The minimum absolute atomic E-state index is 0.0390. The number of anilines is 1. The van der Waals surface area contributed by atoms with Crippen LogP contribution < -0.4 is 4.90 Å². The molecule has 1 atom stereocenters. The van der Waals surface area contributed by atoms with E-state index in [-0.39, 0.29) is 18.2 Å². The van der Waals surface area contributed by atoms with Gasteiger partial charge >= 0.3 is 12.1 Å². The molecular formula is C20H23F3N6O4. The molecule has 1 spiro atoms. The molecule has 0 saturated carbocycles. The van der Waals surface area contributed by atoms with Crippen LogP contribution in [0.3, 0.4) is 0 Å². The molecule has 13 heteroatoms. The second-order valence-corrected chi connectivity index (χ2v) is 7.96. The molecule has 0 bridgehead atoms. The monoisotopic (exact) mass is 468 g/mol. The topological polar surface area (TPSA) is 122 Å². The van der Waals surface area contributed by atoms with E-state index in [0.29, 0.717) is 19.6 Å². The van der Waals surface area contributed by atoms with Crippen molar-refractivity contribution in [3.05, 3.63) is 36.7 Å². The molecule has 2 aliphatic heterocycles. The van der Waals surface area contributed by atoms with E-state index in [0.717, 1.165) is 30.6 Å². The zero-order chi connectivity index (χ0) is 24.2. The molecule has 1 N–H and O–H groups in total. The van der Waals surface area contributed by atoms with Gasteiger partial charge < -0.3 is 14.9 Å². The number of rotatable bonds is 3. The molecule has 2 aliphatic rings. The van der Waals surface area contributed by atoms with Crippen molar-refractivity contribution in [3.63, 3.8) is 0 Å². The van der Waals surface area contributed by atoms with Crippen molar-refractivity contribution < 1.29 is 32.7 Å². The third-order valence-electron chi connectivity index (χ3n) is 5.64. The lowest BCUT2D eigenvalue weighted by molar-refractivity contribution is -0.192. The maximum Gasteiger partial charge on any atom is 0.490 e. The van der Waals surface area contributed by atoms with Gasteiger partial charge in [0, 0.05) is 32.9 Å². The van der Waals surface area contributed by atoms with E-state index in [4.69, 9.17) is 9.90 Å². The van der Waals surface area contributed by atoms with Crippen LogP contribution in [0.25, 0.3) is 0 Å². The fourth-order valence-corrected chi connectivity index (χ4v) is 4.05. The number of carbonyl (C=O) groups excluding carboxylic acids is 2. The largest absolute Gasteiger partial charge is 0.490 e. The Morgan fingerprint density at radius 3 is 2.42 bits per heavy atom. The summed E-state index contributed by atoms with van der Waals surface area (Å²) in [7, 11) is 1.84. The SMILES string of the molecule is Cn1ccc(CC(=O)N2CCCC3(CCN(c4cncnc4)C3=O)C2)n1.O=C(O)C(F)(F)F. The number of nitrogens with zero attached hydrogens (tertiary/aromatic N) is 6. The molecule has 0 aromatic carbocycles. The minimum atomic E-state index is -5.08. The first-order valence-corrected chi connectivity index (χ1v) is 10.2. The number of piperidine rings is 1. The first-order chi connectivity index (χ1) is 15.5. The van der Waals surface area contributed by atoms with Crippen molar-refractivity contribution in [2.75, 3.05) is 24.5 Å². The molecule has 10 nitrogen and oxygen atoms in total. The Labute approximate surface area is 187 Å². The van der Waals surface area contributed by atoms with E-state index >= 15 is 0 Å². The van der Waals surface area contributed by atoms with Gasteiger partial charge in [-0.3, -0.25) is 14.3 Å². The number of hydrogen-bond donors (Lipinski definition) is 1. The van der Waals surface area contributed by atoms with Crippen LogP contribution in [0, 0.1) is 5.41 Å². The van der Waals surface area contributed by atoms with E-state index in [9.17, 15) is 22.8 Å². The molecule has 4 rings (SSSR count). The third kappa shape index (κ3) is 5.65. The number of carboxylic acids is 1. The number of carboxylic acid groups (broad SMARTS) is 1. The summed E-state index contributed by atoms with van der Waals surface area (Å²) >= 11 is 0. The Morgan fingerprint density at radius 2 is 1.85 bits per heavy atom. The van der Waals surface area contributed by atoms with Crippen LogP contribution in [0.5, 0.6) is 0 Å². The highest BCUT2D eigenvalue weighted by Gasteiger charge is 2.50. The van der Waals surface area contributed by atoms with Gasteiger partial charge in [-0.1, -0.05) is 0 Å². The van der Waals surface area contributed by atoms with E-state index in [1.165, 1.54) is 6.33 Å². The van der Waals surface area contributed by atoms with Crippen LogP contribution in [0.1, 0.15) is 25.0 Å². The highest BCUT2D eigenvalue weighted by Crippen LogP contribution is 2.41. The van der Waals surface area contributed by atoms with Gasteiger partial charge in [0.25, 0.3) is 0 Å². The zero-order valence-corrected chi connectivity index (χ0v) is 17.8. The maximum atomic E-state index is 13.1. The van der Waals surface area contributed by atoms with E-state index < -0.39 is 17.6 Å². The number of aliphatic carboxylic acids is 1. The van der Waals surface area contributed by atoms with E-state index in [1.54, 1.807) is 22.0 Å². The maximum absolute atomic E-state index is 13.1. The number of aryl methyl sites for hydroxylation is 1. The molecule has 2 fully saturated rings. The number of amides is 2. The Morgan fingerprint density at radius 1 is 1.18 bits per heavy atom. The van der Waals surface area contributed by atoms with Crippen LogP contribution in [0.4, 0.5) is 18.9 Å². The normalized spacial score (nSPS) is 20.5. The van der Waals surface area contributed by atoms with Crippen molar-refractivity contribution in [1.82, 2.24) is 24.6 Å². The minimum Gasteiger partial charge on any atom is -0.475 e. The lowest BCUT2D eigenvalue weighted by Crippen LogP contribution is -2.50. The van der Waals surface area contributed by atoms with Gasteiger partial charge in [-0.25, -0.2) is 14.8 Å². The summed E-state index contributed by atoms with van der Waals surface area (Å²) in [4.78, 5) is 46.3. The predicted molar refractivity (Wildman–Crippen MR) is 108 cm³/mol. The average molecular weight is 468 g/mol. The number of carbonyl (C=O) groups is 3. The summed E-state index contributed by atoms with van der Waals surface area (Å²) in [5, 5.41) is 11.4. The van der Waals surface area contributed by atoms with Crippen LogP contribution in [-0.4, -0.2) is 73.3 Å². The van der Waals surface area contributed by atoms with Crippen LogP contribution in [0.2, 0.25) is 0 Å². The van der Waals surface area contributed by atoms with Crippen molar-refractivity contribution in [3.8, 4) is 0 Å². The Bertz CT molecular complexity index is 1010. The van der Waals surface area contributed by atoms with Gasteiger partial charge in [0.15, 0.2) is 0 Å². The molecular weight excluding hydrogens is 445 g/mol. The highest BCUT2D eigenvalue weighted by molar-refractivity contribution is 6.00. The smallest absolute Gasteiger partial charge is 0.475 e. The highest BCUT2D eigenvalue weighted by atomic mass is 19.4. The van der Waals surface area contributed by atoms with Crippen LogP contribution >= 0.6 is 0 Å². The molecule has 1 unspecified atom stereocenters. The summed E-state index contributed by atoms with van der Waals surface area (Å²) in [6.07, 6.45) is 4.24. The van der Waals surface area contributed by atoms with E-state index in [2.05, 4.69) is 15.1 Å². The first-order valence-electron chi connectivity index (χ1n) is 10.2. The Hall–Kier alpha value is -3.51. The molecule has 2 aromatic heterocycles. The second-order valence-electron chi connectivity index (χ2n) is 7.96. The molecule has 2 aromatic rings. The van der Waals surface area contributed by atoms with Gasteiger partial charge in [-0.15, -0.1) is 0 Å². The quantitative estimate of drug-likeness (QED) is 0.723. The summed E-state index contributed by atoms with van der Waals surface area (Å²) in [6, 6.07) is 1.86. The van der Waals surface area contributed by atoms with Gasteiger partial charge in [0.1, 0.15) is 6.33 Å². The summed E-state index contributed by atoms with van der Waals surface area (Å²) in [5.74, 6) is -2.63. The van der Waals surface area contributed by atoms with E-state index in [1.807, 2.05) is 24.2 Å². The van der Waals surface area contributed by atoms with Gasteiger partial charge in [0.05, 0.1) is 35.6 Å². The van der Waals surface area contributed by atoms with Crippen molar-refractivity contribution in [2.24, 2.45) is 12.5 Å². The molecule has 2 amide bonds.